The van der Waals surface area contributed by atoms with Gasteiger partial charge in [0.05, 0.1) is 6.07 Å². The minimum Gasteiger partial charge on any atom is -0.298 e. The second-order valence-electron chi connectivity index (χ2n) is 3.14. The number of nitriles is 1. The summed E-state index contributed by atoms with van der Waals surface area (Å²) in [5.74, 6) is 0. The molecule has 0 spiro atoms. The highest BCUT2D eigenvalue weighted by molar-refractivity contribution is 5.08. The van der Waals surface area contributed by atoms with Crippen LogP contribution in [-0.4, -0.2) is 23.0 Å². The van der Waals surface area contributed by atoms with E-state index in [1.165, 1.54) is 5.56 Å². The molecule has 0 radical (unpaired) electrons. The molecule has 0 aliphatic heterocycles. The Morgan fingerprint density at radius 1 is 1.57 bits per heavy atom. The van der Waals surface area contributed by atoms with Crippen LogP contribution in [0, 0.1) is 11.3 Å². The average Bonchev–Trinajstić information content (AvgIpc) is 2.25. The molecule has 0 amide bonds. The molecule has 0 atom stereocenters. The van der Waals surface area contributed by atoms with Crippen LogP contribution in [0.2, 0.25) is 0 Å². The van der Waals surface area contributed by atoms with Gasteiger partial charge in [-0.1, -0.05) is 13.0 Å². The van der Waals surface area contributed by atoms with Gasteiger partial charge < -0.3 is 0 Å². The van der Waals surface area contributed by atoms with Crippen molar-refractivity contribution in [2.24, 2.45) is 0 Å². The molecule has 0 saturated carbocycles. The van der Waals surface area contributed by atoms with Crippen molar-refractivity contribution in [3.05, 3.63) is 30.1 Å². The molecule has 3 nitrogen and oxygen atoms in total. The third-order valence-electron chi connectivity index (χ3n) is 2.12. The number of nitrogens with zero attached hydrogens (tertiary/aromatic N) is 3. The van der Waals surface area contributed by atoms with Crippen molar-refractivity contribution in [1.82, 2.24) is 9.88 Å². The Kier molecular flexibility index (Phi) is 4.66. The Balaban J connectivity index is 2.45. The zero-order chi connectivity index (χ0) is 10.2. The predicted molar refractivity (Wildman–Crippen MR) is 55.4 cm³/mol. The molecular weight excluding hydrogens is 174 g/mol. The van der Waals surface area contributed by atoms with Gasteiger partial charge >= 0.3 is 0 Å². The Morgan fingerprint density at radius 3 is 3.00 bits per heavy atom. The summed E-state index contributed by atoms with van der Waals surface area (Å²) in [7, 11) is 0. The first kappa shape index (κ1) is 10.7. The Labute approximate surface area is 85.0 Å². The van der Waals surface area contributed by atoms with Crippen molar-refractivity contribution in [2.45, 2.75) is 19.9 Å². The van der Waals surface area contributed by atoms with E-state index >= 15 is 0 Å². The van der Waals surface area contributed by atoms with Crippen molar-refractivity contribution in [1.29, 1.82) is 5.26 Å². The second-order valence-corrected chi connectivity index (χ2v) is 3.14. The highest BCUT2D eigenvalue weighted by atomic mass is 15.1. The summed E-state index contributed by atoms with van der Waals surface area (Å²) in [6, 6.07) is 6.16. The minimum atomic E-state index is 0.591. The van der Waals surface area contributed by atoms with Gasteiger partial charge in [-0.05, 0) is 18.2 Å². The van der Waals surface area contributed by atoms with Crippen LogP contribution in [0.25, 0.3) is 0 Å². The maximum atomic E-state index is 8.49. The van der Waals surface area contributed by atoms with Gasteiger partial charge in [0, 0.05) is 31.9 Å². The molecule has 1 aromatic heterocycles. The van der Waals surface area contributed by atoms with Crippen molar-refractivity contribution in [3.63, 3.8) is 0 Å². The first-order valence-corrected chi connectivity index (χ1v) is 4.85. The van der Waals surface area contributed by atoms with Crippen LogP contribution in [0.1, 0.15) is 18.9 Å². The van der Waals surface area contributed by atoms with E-state index in [1.54, 1.807) is 6.20 Å². The smallest absolute Gasteiger partial charge is 0.0635 e. The van der Waals surface area contributed by atoms with E-state index < -0.39 is 0 Å². The fourth-order valence-electron chi connectivity index (χ4n) is 1.31. The number of rotatable bonds is 5. The van der Waals surface area contributed by atoms with E-state index in [2.05, 4.69) is 28.9 Å². The number of pyridine rings is 1. The summed E-state index contributed by atoms with van der Waals surface area (Å²) in [5, 5.41) is 8.49. The fourth-order valence-corrected chi connectivity index (χ4v) is 1.31. The lowest BCUT2D eigenvalue weighted by molar-refractivity contribution is 0.286. The van der Waals surface area contributed by atoms with Gasteiger partial charge in [-0.3, -0.25) is 9.88 Å². The lowest BCUT2D eigenvalue weighted by Crippen LogP contribution is -2.23. The fraction of sp³-hybridized carbons (Fsp3) is 0.455. The third-order valence-corrected chi connectivity index (χ3v) is 2.12. The van der Waals surface area contributed by atoms with Gasteiger partial charge in [0.15, 0.2) is 0 Å². The average molecular weight is 189 g/mol. The van der Waals surface area contributed by atoms with Crippen molar-refractivity contribution < 1.29 is 0 Å². The summed E-state index contributed by atoms with van der Waals surface area (Å²) in [4.78, 5) is 6.30. The second kappa shape index (κ2) is 6.11. The van der Waals surface area contributed by atoms with E-state index in [0.717, 1.165) is 19.6 Å². The maximum Gasteiger partial charge on any atom is 0.0635 e. The zero-order valence-electron chi connectivity index (χ0n) is 8.48. The highest BCUT2D eigenvalue weighted by Gasteiger charge is 2.02. The molecule has 0 aliphatic rings. The van der Waals surface area contributed by atoms with Gasteiger partial charge in [0.25, 0.3) is 0 Å². The standard InChI is InChI=1S/C11H15N3/c1-2-14(8-4-6-12)10-11-5-3-7-13-9-11/h3,5,7,9H,2,4,8,10H2,1H3. The van der Waals surface area contributed by atoms with Crippen LogP contribution in [-0.2, 0) is 6.54 Å². The topological polar surface area (TPSA) is 39.9 Å². The van der Waals surface area contributed by atoms with Gasteiger partial charge in [-0.15, -0.1) is 0 Å². The molecule has 74 valence electrons. The number of hydrogen-bond acceptors (Lipinski definition) is 3. The minimum absolute atomic E-state index is 0.591. The summed E-state index contributed by atoms with van der Waals surface area (Å²) < 4.78 is 0. The Morgan fingerprint density at radius 2 is 2.43 bits per heavy atom. The van der Waals surface area contributed by atoms with Crippen LogP contribution in [0.5, 0.6) is 0 Å². The molecule has 1 aromatic rings. The molecule has 1 heterocycles. The lowest BCUT2D eigenvalue weighted by atomic mass is 10.2. The van der Waals surface area contributed by atoms with E-state index in [1.807, 2.05) is 12.3 Å². The first-order chi connectivity index (χ1) is 6.86. The third kappa shape index (κ3) is 3.55. The molecule has 0 fully saturated rings. The van der Waals surface area contributed by atoms with E-state index in [0.29, 0.717) is 6.42 Å². The molecule has 14 heavy (non-hydrogen) atoms. The van der Waals surface area contributed by atoms with E-state index in [9.17, 15) is 0 Å². The molecule has 0 saturated heterocycles. The first-order valence-electron chi connectivity index (χ1n) is 4.85. The quantitative estimate of drug-likeness (QED) is 0.709. The predicted octanol–water partition coefficient (Wildman–Crippen LogP) is 1.82. The summed E-state index contributed by atoms with van der Waals surface area (Å²) >= 11 is 0. The molecule has 0 aliphatic carbocycles. The van der Waals surface area contributed by atoms with Crippen molar-refractivity contribution in [3.8, 4) is 6.07 Å². The van der Waals surface area contributed by atoms with Crippen LogP contribution < -0.4 is 0 Å². The largest absolute Gasteiger partial charge is 0.298 e. The SMILES string of the molecule is CCN(CCC#N)Cc1cccnc1. The highest BCUT2D eigenvalue weighted by Crippen LogP contribution is 2.02. The van der Waals surface area contributed by atoms with E-state index in [4.69, 9.17) is 5.26 Å². The van der Waals surface area contributed by atoms with Gasteiger partial charge in [-0.2, -0.15) is 5.26 Å². The lowest BCUT2D eigenvalue weighted by Gasteiger charge is -2.18. The molecular formula is C11H15N3. The normalized spacial score (nSPS) is 10.1. The molecule has 0 N–H and O–H groups in total. The zero-order valence-corrected chi connectivity index (χ0v) is 8.48. The monoisotopic (exact) mass is 189 g/mol. The van der Waals surface area contributed by atoms with Crippen LogP contribution in [0.3, 0.4) is 0 Å². The molecule has 1 rings (SSSR count). The summed E-state index contributed by atoms with van der Waals surface area (Å²) in [5.41, 5.74) is 1.20. The van der Waals surface area contributed by atoms with Crippen LogP contribution in [0.4, 0.5) is 0 Å². The van der Waals surface area contributed by atoms with Crippen molar-refractivity contribution in [2.75, 3.05) is 13.1 Å². The maximum absolute atomic E-state index is 8.49. The Hall–Kier alpha value is -1.40. The molecule has 0 aromatic carbocycles. The van der Waals surface area contributed by atoms with Crippen LogP contribution >= 0.6 is 0 Å². The molecule has 3 heteroatoms. The van der Waals surface area contributed by atoms with Gasteiger partial charge in [0.2, 0.25) is 0 Å². The van der Waals surface area contributed by atoms with E-state index in [-0.39, 0.29) is 0 Å². The Bertz CT molecular complexity index is 289. The van der Waals surface area contributed by atoms with Crippen LogP contribution in [0.15, 0.2) is 24.5 Å². The summed E-state index contributed by atoms with van der Waals surface area (Å²) in [6.07, 6.45) is 4.23. The van der Waals surface area contributed by atoms with Gasteiger partial charge in [-0.25, -0.2) is 0 Å². The molecule has 0 bridgehead atoms. The molecule has 0 unspecified atom stereocenters. The van der Waals surface area contributed by atoms with Gasteiger partial charge in [0.1, 0.15) is 0 Å². The van der Waals surface area contributed by atoms with Crippen molar-refractivity contribution >= 4 is 0 Å². The summed E-state index contributed by atoms with van der Waals surface area (Å²) in [6.45, 7) is 4.79. The number of aromatic nitrogens is 1. The number of hydrogen-bond donors (Lipinski definition) is 0.